The molecule has 2 heterocycles. The van der Waals surface area contributed by atoms with Crippen LogP contribution in [0.1, 0.15) is 16.9 Å². The Morgan fingerprint density at radius 1 is 0.939 bits per heavy atom. The lowest BCUT2D eigenvalue weighted by Gasteiger charge is -2.13. The van der Waals surface area contributed by atoms with Crippen molar-refractivity contribution in [3.8, 4) is 11.5 Å². The van der Waals surface area contributed by atoms with Gasteiger partial charge in [-0.1, -0.05) is 18.2 Å². The van der Waals surface area contributed by atoms with Gasteiger partial charge in [0.15, 0.2) is 5.96 Å². The summed E-state index contributed by atoms with van der Waals surface area (Å²) in [6.45, 7) is 2.03. The molecule has 0 aliphatic heterocycles. The number of guanidine groups is 1. The number of benzene rings is 2. The number of furan rings is 1. The molecule has 0 saturated carbocycles. The highest BCUT2D eigenvalue weighted by atomic mass is 16.5. The lowest BCUT2D eigenvalue weighted by molar-refractivity contribution is 0.414. The van der Waals surface area contributed by atoms with E-state index in [1.807, 2.05) is 54.7 Å². The first-order valence-corrected chi connectivity index (χ1v) is 11.1. The van der Waals surface area contributed by atoms with E-state index in [0.29, 0.717) is 6.54 Å². The summed E-state index contributed by atoms with van der Waals surface area (Å²) >= 11 is 0. The zero-order valence-electron chi connectivity index (χ0n) is 19.1. The van der Waals surface area contributed by atoms with Crippen molar-refractivity contribution in [3.05, 3.63) is 83.9 Å². The highest BCUT2D eigenvalue weighted by molar-refractivity contribution is 5.89. The van der Waals surface area contributed by atoms with Gasteiger partial charge in [-0.2, -0.15) is 0 Å². The van der Waals surface area contributed by atoms with Crippen LogP contribution in [0.3, 0.4) is 0 Å². The van der Waals surface area contributed by atoms with Gasteiger partial charge in [0.2, 0.25) is 0 Å². The molecule has 7 heteroatoms. The molecular weight excluding hydrogens is 416 g/mol. The van der Waals surface area contributed by atoms with E-state index in [9.17, 15) is 0 Å². The number of aromatic nitrogens is 1. The fourth-order valence-electron chi connectivity index (χ4n) is 3.74. The molecule has 0 atom stereocenters. The Kier molecular flexibility index (Phi) is 7.53. The largest absolute Gasteiger partial charge is 0.497 e. The van der Waals surface area contributed by atoms with E-state index in [0.717, 1.165) is 65.6 Å². The zero-order valence-corrected chi connectivity index (χ0v) is 19.1. The van der Waals surface area contributed by atoms with Gasteiger partial charge >= 0.3 is 0 Å². The van der Waals surface area contributed by atoms with Gasteiger partial charge in [-0.15, -0.1) is 0 Å². The predicted octanol–water partition coefficient (Wildman–Crippen LogP) is 4.30. The van der Waals surface area contributed by atoms with Crippen LogP contribution in [-0.2, 0) is 19.4 Å². The Hall–Kier alpha value is -3.87. The van der Waals surface area contributed by atoms with Crippen molar-refractivity contribution < 1.29 is 13.9 Å². The lowest BCUT2D eigenvalue weighted by atomic mass is 10.1. The van der Waals surface area contributed by atoms with E-state index in [1.165, 1.54) is 5.56 Å². The van der Waals surface area contributed by atoms with Crippen LogP contribution in [0.2, 0.25) is 0 Å². The maximum atomic E-state index is 5.55. The summed E-state index contributed by atoms with van der Waals surface area (Å²) in [7, 11) is 3.37. The minimum Gasteiger partial charge on any atom is -0.497 e. The number of fused-ring (bicyclic) bond motifs is 1. The number of H-pyrrole nitrogens is 1. The van der Waals surface area contributed by atoms with E-state index in [-0.39, 0.29) is 0 Å². The summed E-state index contributed by atoms with van der Waals surface area (Å²) in [5, 5.41) is 8.00. The van der Waals surface area contributed by atoms with E-state index in [1.54, 1.807) is 20.5 Å². The monoisotopic (exact) mass is 446 g/mol. The molecule has 4 rings (SSSR count). The smallest absolute Gasteiger partial charge is 0.191 e. The number of hydrogen-bond donors (Lipinski definition) is 3. The van der Waals surface area contributed by atoms with Crippen molar-refractivity contribution in [3.63, 3.8) is 0 Å². The van der Waals surface area contributed by atoms with Crippen LogP contribution in [0.4, 0.5) is 0 Å². The fourth-order valence-corrected chi connectivity index (χ4v) is 3.74. The minimum absolute atomic E-state index is 0.570. The Morgan fingerprint density at radius 3 is 2.48 bits per heavy atom. The minimum atomic E-state index is 0.570. The summed E-state index contributed by atoms with van der Waals surface area (Å²) in [5.74, 6) is 3.44. The van der Waals surface area contributed by atoms with E-state index in [4.69, 9.17) is 18.9 Å². The van der Waals surface area contributed by atoms with Gasteiger partial charge in [-0.25, -0.2) is 4.99 Å². The molecule has 4 aromatic rings. The zero-order chi connectivity index (χ0) is 22.9. The molecule has 33 heavy (non-hydrogen) atoms. The number of methoxy groups -OCH3 is 2. The average Bonchev–Trinajstić information content (AvgIpc) is 3.52. The van der Waals surface area contributed by atoms with Crippen LogP contribution in [0.5, 0.6) is 11.5 Å². The molecule has 0 saturated heterocycles. The second kappa shape index (κ2) is 11.1. The molecule has 0 aliphatic rings. The highest BCUT2D eigenvalue weighted by Gasteiger charge is 2.09. The van der Waals surface area contributed by atoms with Crippen molar-refractivity contribution >= 4 is 16.9 Å². The molecular formula is C26H30N4O3. The molecule has 0 amide bonds. The number of ether oxygens (including phenoxy) is 2. The number of aliphatic imine (C=N–C) groups is 1. The number of aromatic amines is 1. The van der Waals surface area contributed by atoms with E-state index < -0.39 is 0 Å². The molecule has 0 fully saturated rings. The molecule has 0 aliphatic carbocycles. The lowest BCUT2D eigenvalue weighted by Crippen LogP contribution is -2.39. The second-order valence-corrected chi connectivity index (χ2v) is 7.64. The van der Waals surface area contributed by atoms with Crippen LogP contribution < -0.4 is 20.1 Å². The van der Waals surface area contributed by atoms with Crippen LogP contribution >= 0.6 is 0 Å². The molecule has 0 unspecified atom stereocenters. The summed E-state index contributed by atoms with van der Waals surface area (Å²) in [5.41, 5.74) is 3.40. The number of hydrogen-bond acceptors (Lipinski definition) is 4. The van der Waals surface area contributed by atoms with Crippen LogP contribution in [0.25, 0.3) is 10.9 Å². The Bertz CT molecular complexity index is 1160. The van der Waals surface area contributed by atoms with Crippen LogP contribution in [-0.4, -0.2) is 38.3 Å². The first-order chi connectivity index (χ1) is 16.3. The SMILES string of the molecule is COc1ccc(CN=C(NCCc2ccco2)NCCc2c[nH]c3cccc(OC)c23)cc1. The molecule has 2 aromatic carbocycles. The third-order valence-electron chi connectivity index (χ3n) is 5.48. The summed E-state index contributed by atoms with van der Waals surface area (Å²) in [6.07, 6.45) is 5.37. The Morgan fingerprint density at radius 2 is 1.76 bits per heavy atom. The fraction of sp³-hybridized carbons (Fsp3) is 0.269. The van der Waals surface area contributed by atoms with Crippen molar-refractivity contribution in [1.82, 2.24) is 15.6 Å². The van der Waals surface area contributed by atoms with Gasteiger partial charge in [-0.3, -0.25) is 0 Å². The van der Waals surface area contributed by atoms with Crippen LogP contribution in [0, 0.1) is 0 Å². The maximum absolute atomic E-state index is 5.55. The first kappa shape index (κ1) is 22.3. The standard InChI is InChI=1S/C26H30N4O3/c1-31-21-10-8-19(9-11-21)17-30-26(28-15-13-22-5-4-16-33-22)27-14-12-20-18-29-23-6-3-7-24(32-2)25(20)23/h3-11,16,18,29H,12-15,17H2,1-2H3,(H2,27,28,30). The van der Waals surface area contributed by atoms with Crippen molar-refractivity contribution in [2.75, 3.05) is 27.3 Å². The molecule has 0 bridgehead atoms. The third kappa shape index (κ3) is 5.88. The van der Waals surface area contributed by atoms with E-state index >= 15 is 0 Å². The first-order valence-electron chi connectivity index (χ1n) is 11.1. The van der Waals surface area contributed by atoms with Crippen molar-refractivity contribution in [2.45, 2.75) is 19.4 Å². The van der Waals surface area contributed by atoms with Gasteiger partial charge in [0.25, 0.3) is 0 Å². The third-order valence-corrected chi connectivity index (χ3v) is 5.48. The van der Waals surface area contributed by atoms with Crippen molar-refractivity contribution in [2.24, 2.45) is 4.99 Å². The van der Waals surface area contributed by atoms with E-state index in [2.05, 4.69) is 21.7 Å². The van der Waals surface area contributed by atoms with Gasteiger partial charge in [0.1, 0.15) is 17.3 Å². The normalized spacial score (nSPS) is 11.5. The molecule has 7 nitrogen and oxygen atoms in total. The molecule has 0 spiro atoms. The molecule has 3 N–H and O–H groups in total. The van der Waals surface area contributed by atoms with Gasteiger partial charge < -0.3 is 29.5 Å². The van der Waals surface area contributed by atoms with Gasteiger partial charge in [-0.05, 0) is 53.9 Å². The molecule has 0 radical (unpaired) electrons. The number of nitrogens with one attached hydrogen (secondary N) is 3. The summed E-state index contributed by atoms with van der Waals surface area (Å²) in [6, 6.07) is 17.9. The van der Waals surface area contributed by atoms with Gasteiger partial charge in [0, 0.05) is 36.6 Å². The highest BCUT2D eigenvalue weighted by Crippen LogP contribution is 2.28. The Balaban J connectivity index is 1.40. The predicted molar refractivity (Wildman–Crippen MR) is 131 cm³/mol. The average molecular weight is 447 g/mol. The molecule has 2 aromatic heterocycles. The second-order valence-electron chi connectivity index (χ2n) is 7.64. The van der Waals surface area contributed by atoms with Crippen LogP contribution in [0.15, 0.2) is 76.5 Å². The molecule has 172 valence electrons. The maximum Gasteiger partial charge on any atom is 0.191 e. The van der Waals surface area contributed by atoms with Gasteiger partial charge in [0.05, 0.1) is 27.0 Å². The quantitative estimate of drug-likeness (QED) is 0.250. The van der Waals surface area contributed by atoms with Crippen molar-refractivity contribution in [1.29, 1.82) is 0 Å². The number of nitrogens with zero attached hydrogens (tertiary/aromatic N) is 1. The summed E-state index contributed by atoms with van der Waals surface area (Å²) < 4.78 is 16.2. The topological polar surface area (TPSA) is 83.8 Å². The summed E-state index contributed by atoms with van der Waals surface area (Å²) in [4.78, 5) is 8.11. The Labute approximate surface area is 193 Å². The number of rotatable bonds is 10.